The van der Waals surface area contributed by atoms with Gasteiger partial charge in [0, 0.05) is 11.8 Å². The number of halogens is 2. The average Bonchev–Trinajstić information content (AvgIpc) is 2.58. The fourth-order valence-corrected chi connectivity index (χ4v) is 2.23. The number of benzene rings is 2. The van der Waals surface area contributed by atoms with Gasteiger partial charge in [0.1, 0.15) is 0 Å². The number of aryl methyl sites for hydroxylation is 1. The molecule has 1 atom stereocenters. The van der Waals surface area contributed by atoms with Gasteiger partial charge in [-0.15, -0.1) is 0 Å². The first-order chi connectivity index (χ1) is 11.8. The Morgan fingerprint density at radius 2 is 1.76 bits per heavy atom. The van der Waals surface area contributed by atoms with E-state index in [1.165, 1.54) is 19.1 Å². The molecule has 0 aliphatic carbocycles. The molecule has 4 nitrogen and oxygen atoms in total. The monoisotopic (exact) mass is 377 g/mol. The fraction of sp³-hybridized carbons (Fsp3) is 0.158. The minimum Gasteiger partial charge on any atom is -0.449 e. The summed E-state index contributed by atoms with van der Waals surface area (Å²) in [6.45, 7) is 3.46. The third kappa shape index (κ3) is 5.93. The molecule has 0 aliphatic heterocycles. The summed E-state index contributed by atoms with van der Waals surface area (Å²) in [5.74, 6) is -1.03. The van der Waals surface area contributed by atoms with Gasteiger partial charge in [-0.2, -0.15) is 0 Å². The quantitative estimate of drug-likeness (QED) is 0.596. The Bertz CT molecular complexity index is 801. The van der Waals surface area contributed by atoms with Crippen molar-refractivity contribution in [2.24, 2.45) is 0 Å². The molecule has 0 aliphatic rings. The fourth-order valence-electron chi connectivity index (χ4n) is 1.93. The van der Waals surface area contributed by atoms with Gasteiger partial charge >= 0.3 is 5.97 Å². The summed E-state index contributed by atoms with van der Waals surface area (Å²) in [6, 6.07) is 12.3. The van der Waals surface area contributed by atoms with Crippen molar-refractivity contribution < 1.29 is 14.3 Å². The minimum absolute atomic E-state index is 0.392. The Morgan fingerprint density at radius 1 is 1.08 bits per heavy atom. The minimum atomic E-state index is -0.924. The van der Waals surface area contributed by atoms with Crippen LogP contribution in [0.5, 0.6) is 0 Å². The van der Waals surface area contributed by atoms with E-state index in [9.17, 15) is 9.59 Å². The highest BCUT2D eigenvalue weighted by Crippen LogP contribution is 2.23. The van der Waals surface area contributed by atoms with Crippen molar-refractivity contribution in [3.05, 3.63) is 69.7 Å². The topological polar surface area (TPSA) is 55.4 Å². The van der Waals surface area contributed by atoms with E-state index in [1.54, 1.807) is 30.3 Å². The largest absolute Gasteiger partial charge is 0.449 e. The third-order valence-electron chi connectivity index (χ3n) is 3.34. The van der Waals surface area contributed by atoms with Crippen molar-refractivity contribution >= 4 is 46.8 Å². The van der Waals surface area contributed by atoms with E-state index in [0.717, 1.165) is 5.56 Å². The zero-order valence-electron chi connectivity index (χ0n) is 13.8. The maximum Gasteiger partial charge on any atom is 0.331 e. The van der Waals surface area contributed by atoms with E-state index in [2.05, 4.69) is 5.32 Å². The lowest BCUT2D eigenvalue weighted by Gasteiger charge is -2.12. The Hall–Kier alpha value is -2.30. The van der Waals surface area contributed by atoms with Crippen LogP contribution in [-0.2, 0) is 14.3 Å². The van der Waals surface area contributed by atoms with E-state index in [1.807, 2.05) is 19.1 Å². The summed E-state index contributed by atoms with van der Waals surface area (Å²) in [7, 11) is 0. The molecule has 0 aromatic heterocycles. The highest BCUT2D eigenvalue weighted by molar-refractivity contribution is 6.42. The highest BCUT2D eigenvalue weighted by atomic mass is 35.5. The van der Waals surface area contributed by atoms with Crippen LogP contribution in [0.1, 0.15) is 18.1 Å². The Balaban J connectivity index is 1.90. The first kappa shape index (κ1) is 19.0. The summed E-state index contributed by atoms with van der Waals surface area (Å²) < 4.78 is 5.09. The van der Waals surface area contributed by atoms with Crippen molar-refractivity contribution in [2.45, 2.75) is 20.0 Å². The second kappa shape index (κ2) is 8.70. The standard InChI is InChI=1S/C19H17Cl2NO3/c1-12-3-7-15(8-4-12)22-19(24)13(2)25-18(23)10-6-14-5-9-16(20)17(21)11-14/h3-11,13H,1-2H3,(H,22,24)/b10-6+/t13-/m1/s1. The SMILES string of the molecule is Cc1ccc(NC(=O)[C@@H](C)OC(=O)/C=C/c2ccc(Cl)c(Cl)c2)cc1. The van der Waals surface area contributed by atoms with Gasteiger partial charge < -0.3 is 10.1 Å². The van der Waals surface area contributed by atoms with E-state index < -0.39 is 18.0 Å². The van der Waals surface area contributed by atoms with Gasteiger partial charge in [-0.3, -0.25) is 4.79 Å². The van der Waals surface area contributed by atoms with Crippen LogP contribution in [0.15, 0.2) is 48.5 Å². The molecule has 2 aromatic rings. The summed E-state index contributed by atoms with van der Waals surface area (Å²) in [5, 5.41) is 3.51. The van der Waals surface area contributed by atoms with Gasteiger partial charge in [0.2, 0.25) is 0 Å². The third-order valence-corrected chi connectivity index (χ3v) is 4.08. The molecule has 0 unspecified atom stereocenters. The smallest absolute Gasteiger partial charge is 0.331 e. The van der Waals surface area contributed by atoms with Crippen LogP contribution in [-0.4, -0.2) is 18.0 Å². The molecule has 0 saturated carbocycles. The van der Waals surface area contributed by atoms with Gasteiger partial charge in [-0.05, 0) is 49.8 Å². The number of ether oxygens (including phenoxy) is 1. The Labute approximate surface area is 156 Å². The van der Waals surface area contributed by atoms with Crippen LogP contribution in [0.2, 0.25) is 10.0 Å². The van der Waals surface area contributed by atoms with Crippen LogP contribution in [0, 0.1) is 6.92 Å². The summed E-state index contributed by atoms with van der Waals surface area (Å²) in [6.07, 6.45) is 1.84. The molecule has 130 valence electrons. The zero-order valence-corrected chi connectivity index (χ0v) is 15.3. The average molecular weight is 378 g/mol. The summed E-state index contributed by atoms with van der Waals surface area (Å²) in [5.41, 5.74) is 2.43. The van der Waals surface area contributed by atoms with E-state index in [-0.39, 0.29) is 0 Å². The van der Waals surface area contributed by atoms with Crippen LogP contribution in [0.4, 0.5) is 5.69 Å². The molecule has 0 fully saturated rings. The second-order valence-electron chi connectivity index (χ2n) is 5.44. The lowest BCUT2D eigenvalue weighted by molar-refractivity contribution is -0.148. The Morgan fingerprint density at radius 3 is 2.40 bits per heavy atom. The Kier molecular flexibility index (Phi) is 6.62. The predicted octanol–water partition coefficient (Wildman–Crippen LogP) is 4.89. The van der Waals surface area contributed by atoms with Crippen molar-refractivity contribution in [3.8, 4) is 0 Å². The highest BCUT2D eigenvalue weighted by Gasteiger charge is 2.16. The number of anilines is 1. The molecular formula is C19H17Cl2NO3. The maximum atomic E-state index is 12.0. The number of hydrogen-bond acceptors (Lipinski definition) is 3. The molecule has 25 heavy (non-hydrogen) atoms. The molecule has 0 heterocycles. The lowest BCUT2D eigenvalue weighted by atomic mass is 10.2. The zero-order chi connectivity index (χ0) is 18.4. The molecule has 1 amide bonds. The van der Waals surface area contributed by atoms with Crippen molar-refractivity contribution in [2.75, 3.05) is 5.32 Å². The summed E-state index contributed by atoms with van der Waals surface area (Å²) in [4.78, 5) is 23.9. The molecular weight excluding hydrogens is 361 g/mol. The number of nitrogens with one attached hydrogen (secondary N) is 1. The van der Waals surface area contributed by atoms with Crippen LogP contribution in [0.3, 0.4) is 0 Å². The van der Waals surface area contributed by atoms with Crippen molar-refractivity contribution in [3.63, 3.8) is 0 Å². The van der Waals surface area contributed by atoms with Crippen LogP contribution < -0.4 is 5.32 Å². The molecule has 0 spiro atoms. The van der Waals surface area contributed by atoms with Crippen molar-refractivity contribution in [1.29, 1.82) is 0 Å². The van der Waals surface area contributed by atoms with Gasteiger partial charge in [0.25, 0.3) is 5.91 Å². The van der Waals surface area contributed by atoms with Gasteiger partial charge in [-0.1, -0.05) is 47.0 Å². The molecule has 0 bridgehead atoms. The molecule has 1 N–H and O–H groups in total. The first-order valence-corrected chi connectivity index (χ1v) is 8.32. The normalized spacial score (nSPS) is 12.0. The van der Waals surface area contributed by atoms with E-state index in [4.69, 9.17) is 27.9 Å². The van der Waals surface area contributed by atoms with E-state index >= 15 is 0 Å². The molecule has 2 aromatic carbocycles. The van der Waals surface area contributed by atoms with Crippen LogP contribution in [0.25, 0.3) is 6.08 Å². The van der Waals surface area contributed by atoms with Crippen molar-refractivity contribution in [1.82, 2.24) is 0 Å². The molecule has 0 radical (unpaired) electrons. The number of carbonyl (C=O) groups is 2. The second-order valence-corrected chi connectivity index (χ2v) is 6.26. The summed E-state index contributed by atoms with van der Waals surface area (Å²) >= 11 is 11.7. The van der Waals surface area contributed by atoms with Gasteiger partial charge in [0.05, 0.1) is 10.0 Å². The first-order valence-electron chi connectivity index (χ1n) is 7.56. The lowest BCUT2D eigenvalue weighted by Crippen LogP contribution is -2.29. The molecule has 6 heteroatoms. The molecule has 0 saturated heterocycles. The number of amides is 1. The molecule has 2 rings (SSSR count). The maximum absolute atomic E-state index is 12.0. The number of rotatable bonds is 5. The predicted molar refractivity (Wildman–Crippen MR) is 101 cm³/mol. The van der Waals surface area contributed by atoms with Gasteiger partial charge in [-0.25, -0.2) is 4.79 Å². The number of hydrogen-bond donors (Lipinski definition) is 1. The number of carbonyl (C=O) groups excluding carboxylic acids is 2. The van der Waals surface area contributed by atoms with E-state index in [0.29, 0.717) is 21.3 Å². The van der Waals surface area contributed by atoms with Gasteiger partial charge in [0.15, 0.2) is 6.10 Å². The van der Waals surface area contributed by atoms with Crippen LogP contribution >= 0.6 is 23.2 Å². The number of esters is 1.